The van der Waals surface area contributed by atoms with E-state index in [1.807, 2.05) is 0 Å². The number of rotatable bonds is 6. The van der Waals surface area contributed by atoms with Crippen LogP contribution in [0.4, 0.5) is 4.39 Å². The second kappa shape index (κ2) is 8.40. The lowest BCUT2D eigenvalue weighted by atomic mass is 10.1. The zero-order chi connectivity index (χ0) is 17.5. The van der Waals surface area contributed by atoms with Crippen LogP contribution in [0.1, 0.15) is 15.9 Å². The van der Waals surface area contributed by atoms with E-state index in [9.17, 15) is 14.0 Å². The first-order valence-electron chi connectivity index (χ1n) is 7.10. The number of carbonyl (C=O) groups excluding carboxylic acids is 2. The Morgan fingerprint density at radius 3 is 2.54 bits per heavy atom. The van der Waals surface area contributed by atoms with Crippen molar-refractivity contribution in [1.82, 2.24) is 5.32 Å². The topological polar surface area (TPSA) is 55.4 Å². The van der Waals surface area contributed by atoms with Gasteiger partial charge in [0.1, 0.15) is 11.6 Å². The summed E-state index contributed by atoms with van der Waals surface area (Å²) in [5.74, 6) is -0.422. The fourth-order valence-electron chi connectivity index (χ4n) is 1.83. The maximum atomic E-state index is 13.7. The van der Waals surface area contributed by atoms with Gasteiger partial charge in [0, 0.05) is 22.6 Å². The molecule has 0 aromatic heterocycles. The average Bonchev–Trinajstić information content (AvgIpc) is 2.59. The van der Waals surface area contributed by atoms with Crippen LogP contribution >= 0.6 is 15.9 Å². The highest BCUT2D eigenvalue weighted by atomic mass is 79.9. The van der Waals surface area contributed by atoms with Crippen LogP contribution in [0.2, 0.25) is 0 Å². The van der Waals surface area contributed by atoms with Gasteiger partial charge in [-0.3, -0.25) is 9.59 Å². The Bertz CT molecular complexity index is 772. The van der Waals surface area contributed by atoms with Crippen molar-refractivity contribution >= 4 is 33.7 Å². The molecule has 0 aliphatic carbocycles. The Balaban J connectivity index is 2.02. The van der Waals surface area contributed by atoms with Gasteiger partial charge in [0.05, 0.1) is 0 Å². The zero-order valence-electron chi connectivity index (χ0n) is 12.9. The average molecular weight is 392 g/mol. The maximum absolute atomic E-state index is 13.7. The summed E-state index contributed by atoms with van der Waals surface area (Å²) in [5.41, 5.74) is 0.771. The standard InChI is InChI=1S/C18H15BrFNO3/c1-21-18(23)11-24-15-7-3-13(4-8-15)17(22)9-5-12-2-6-14(19)10-16(12)20/h2-10H,11H2,1H3,(H,21,23)/b9-5+. The molecule has 4 nitrogen and oxygen atoms in total. The Hall–Kier alpha value is -2.47. The molecule has 0 radical (unpaired) electrons. The first-order chi connectivity index (χ1) is 11.5. The molecule has 6 heteroatoms. The number of allylic oxidation sites excluding steroid dienone is 1. The number of hydrogen-bond donors (Lipinski definition) is 1. The number of likely N-dealkylation sites (N-methyl/N-ethyl adjacent to an activating group) is 1. The van der Waals surface area contributed by atoms with E-state index in [2.05, 4.69) is 21.2 Å². The van der Waals surface area contributed by atoms with Gasteiger partial charge in [-0.1, -0.05) is 22.0 Å². The SMILES string of the molecule is CNC(=O)COc1ccc(C(=O)/C=C/c2ccc(Br)cc2F)cc1. The molecule has 2 aromatic carbocycles. The van der Waals surface area contributed by atoms with E-state index in [0.29, 0.717) is 21.3 Å². The smallest absolute Gasteiger partial charge is 0.257 e. The lowest BCUT2D eigenvalue weighted by Gasteiger charge is -2.05. The van der Waals surface area contributed by atoms with E-state index < -0.39 is 5.82 Å². The summed E-state index contributed by atoms with van der Waals surface area (Å²) in [7, 11) is 1.52. The van der Waals surface area contributed by atoms with Gasteiger partial charge in [-0.05, 0) is 48.6 Å². The van der Waals surface area contributed by atoms with Crippen LogP contribution < -0.4 is 10.1 Å². The lowest BCUT2D eigenvalue weighted by molar-refractivity contribution is -0.122. The van der Waals surface area contributed by atoms with Gasteiger partial charge in [-0.15, -0.1) is 0 Å². The van der Waals surface area contributed by atoms with E-state index >= 15 is 0 Å². The largest absolute Gasteiger partial charge is 0.484 e. The number of carbonyl (C=O) groups is 2. The van der Waals surface area contributed by atoms with Crippen LogP contribution in [-0.4, -0.2) is 25.3 Å². The van der Waals surface area contributed by atoms with Crippen LogP contribution in [0.5, 0.6) is 5.75 Å². The third-order valence-electron chi connectivity index (χ3n) is 3.16. The van der Waals surface area contributed by atoms with Gasteiger partial charge >= 0.3 is 0 Å². The van der Waals surface area contributed by atoms with Crippen LogP contribution in [-0.2, 0) is 4.79 Å². The fourth-order valence-corrected chi connectivity index (χ4v) is 2.17. The fraction of sp³-hybridized carbons (Fsp3) is 0.111. The van der Waals surface area contributed by atoms with Crippen molar-refractivity contribution in [2.24, 2.45) is 0 Å². The summed E-state index contributed by atoms with van der Waals surface area (Å²) in [6.07, 6.45) is 2.74. The molecule has 124 valence electrons. The lowest BCUT2D eigenvalue weighted by Crippen LogP contribution is -2.24. The van der Waals surface area contributed by atoms with E-state index in [0.717, 1.165) is 0 Å². The van der Waals surface area contributed by atoms with Crippen LogP contribution in [0.3, 0.4) is 0 Å². The Labute approximate surface area is 147 Å². The van der Waals surface area contributed by atoms with Gasteiger partial charge < -0.3 is 10.1 Å². The molecule has 0 saturated carbocycles. The monoisotopic (exact) mass is 391 g/mol. The minimum atomic E-state index is -0.411. The molecule has 0 bridgehead atoms. The maximum Gasteiger partial charge on any atom is 0.257 e. The second-order valence-electron chi connectivity index (χ2n) is 4.85. The minimum Gasteiger partial charge on any atom is -0.484 e. The second-order valence-corrected chi connectivity index (χ2v) is 5.77. The highest BCUT2D eigenvalue weighted by Crippen LogP contribution is 2.17. The molecule has 1 N–H and O–H groups in total. The van der Waals surface area contributed by atoms with Crippen molar-refractivity contribution in [3.8, 4) is 5.75 Å². The van der Waals surface area contributed by atoms with E-state index in [-0.39, 0.29) is 18.3 Å². The van der Waals surface area contributed by atoms with Gasteiger partial charge in [0.15, 0.2) is 12.4 Å². The number of ether oxygens (including phenoxy) is 1. The predicted molar refractivity (Wildman–Crippen MR) is 93.5 cm³/mol. The zero-order valence-corrected chi connectivity index (χ0v) is 14.5. The number of amides is 1. The molecule has 0 fully saturated rings. The number of nitrogens with one attached hydrogen (secondary N) is 1. The van der Waals surface area contributed by atoms with Gasteiger partial charge in [-0.2, -0.15) is 0 Å². The molecular formula is C18H15BrFNO3. The third kappa shape index (κ3) is 5.03. The van der Waals surface area contributed by atoms with Crippen molar-refractivity contribution in [3.05, 3.63) is 70.0 Å². The summed E-state index contributed by atoms with van der Waals surface area (Å²) < 4.78 is 19.6. The van der Waals surface area contributed by atoms with Crippen molar-refractivity contribution in [2.75, 3.05) is 13.7 Å². The third-order valence-corrected chi connectivity index (χ3v) is 3.66. The summed E-state index contributed by atoms with van der Waals surface area (Å²) in [6, 6.07) is 11.0. The molecule has 0 heterocycles. The molecule has 24 heavy (non-hydrogen) atoms. The molecule has 0 atom stereocenters. The first kappa shape index (κ1) is 17.9. The van der Waals surface area contributed by atoms with Crippen LogP contribution in [0.15, 0.2) is 53.0 Å². The quantitative estimate of drug-likeness (QED) is 0.604. The molecule has 0 aliphatic heterocycles. The molecule has 2 aromatic rings. The molecule has 2 rings (SSSR count). The molecule has 0 unspecified atom stereocenters. The van der Waals surface area contributed by atoms with Gasteiger partial charge in [0.25, 0.3) is 5.91 Å². The van der Waals surface area contributed by atoms with E-state index in [1.54, 1.807) is 36.4 Å². The predicted octanol–water partition coefficient (Wildman–Crippen LogP) is 3.61. The number of halogens is 2. The highest BCUT2D eigenvalue weighted by Gasteiger charge is 2.05. The van der Waals surface area contributed by atoms with E-state index in [4.69, 9.17) is 4.74 Å². The summed E-state index contributed by atoms with van der Waals surface area (Å²) >= 11 is 3.18. The molecule has 0 saturated heterocycles. The van der Waals surface area contributed by atoms with Crippen molar-refractivity contribution in [3.63, 3.8) is 0 Å². The summed E-state index contributed by atoms with van der Waals surface area (Å²) in [5, 5.41) is 2.44. The normalized spacial score (nSPS) is 10.6. The highest BCUT2D eigenvalue weighted by molar-refractivity contribution is 9.10. The minimum absolute atomic E-state index is 0.0907. The number of ketones is 1. The van der Waals surface area contributed by atoms with Crippen molar-refractivity contribution in [2.45, 2.75) is 0 Å². The molecular weight excluding hydrogens is 377 g/mol. The summed E-state index contributed by atoms with van der Waals surface area (Å²) in [6.45, 7) is -0.0907. The summed E-state index contributed by atoms with van der Waals surface area (Å²) in [4.78, 5) is 23.2. The van der Waals surface area contributed by atoms with Gasteiger partial charge in [-0.25, -0.2) is 4.39 Å². The Kier molecular flexibility index (Phi) is 6.26. The molecule has 0 spiro atoms. The van der Waals surface area contributed by atoms with Crippen molar-refractivity contribution in [1.29, 1.82) is 0 Å². The molecule has 1 amide bonds. The van der Waals surface area contributed by atoms with Crippen LogP contribution in [0, 0.1) is 5.82 Å². The van der Waals surface area contributed by atoms with Crippen molar-refractivity contribution < 1.29 is 18.7 Å². The Morgan fingerprint density at radius 1 is 1.21 bits per heavy atom. The Morgan fingerprint density at radius 2 is 1.92 bits per heavy atom. The van der Waals surface area contributed by atoms with Gasteiger partial charge in [0.2, 0.25) is 0 Å². The van der Waals surface area contributed by atoms with E-state index in [1.165, 1.54) is 25.3 Å². The molecule has 0 aliphatic rings. The van der Waals surface area contributed by atoms with Crippen LogP contribution in [0.25, 0.3) is 6.08 Å². The number of hydrogen-bond acceptors (Lipinski definition) is 3. The first-order valence-corrected chi connectivity index (χ1v) is 7.90. The number of benzene rings is 2.